The van der Waals surface area contributed by atoms with Crippen molar-refractivity contribution in [1.82, 2.24) is 10.3 Å². The van der Waals surface area contributed by atoms with Gasteiger partial charge in [-0.3, -0.25) is 0 Å². The van der Waals surface area contributed by atoms with Crippen LogP contribution in [-0.2, 0) is 0 Å². The Bertz CT molecular complexity index is 348. The fourth-order valence-corrected chi connectivity index (χ4v) is 3.09. The van der Waals surface area contributed by atoms with Gasteiger partial charge in [0.25, 0.3) is 0 Å². The van der Waals surface area contributed by atoms with Gasteiger partial charge in [-0.1, -0.05) is 12.2 Å². The summed E-state index contributed by atoms with van der Waals surface area (Å²) < 4.78 is 1.11. The molecule has 0 radical (unpaired) electrons. The summed E-state index contributed by atoms with van der Waals surface area (Å²) in [7, 11) is 0. The molecular weight excluding hydrogens is 272 g/mol. The molecule has 0 bridgehead atoms. The van der Waals surface area contributed by atoms with Gasteiger partial charge in [0.05, 0.1) is 16.0 Å². The van der Waals surface area contributed by atoms with Crippen molar-refractivity contribution in [2.45, 2.75) is 38.3 Å². The second-order valence-corrected chi connectivity index (χ2v) is 6.31. The number of aromatic nitrogens is 1. The van der Waals surface area contributed by atoms with Crippen molar-refractivity contribution in [3.05, 3.63) is 27.1 Å². The number of allylic oxidation sites excluding steroid dienone is 1. The molecule has 1 N–H and O–H groups in total. The normalized spacial score (nSPS) is 22.9. The van der Waals surface area contributed by atoms with Gasteiger partial charge < -0.3 is 5.32 Å². The number of hydrogen-bond donors (Lipinski definition) is 1. The third-order valence-corrected chi connectivity index (χ3v) is 4.28. The van der Waals surface area contributed by atoms with E-state index in [0.717, 1.165) is 15.2 Å². The maximum absolute atomic E-state index is 4.37. The van der Waals surface area contributed by atoms with Crippen LogP contribution in [0.5, 0.6) is 0 Å². The highest BCUT2D eigenvalue weighted by Crippen LogP contribution is 2.25. The van der Waals surface area contributed by atoms with Crippen LogP contribution in [0.1, 0.15) is 37.2 Å². The topological polar surface area (TPSA) is 24.9 Å². The zero-order valence-corrected chi connectivity index (χ0v) is 11.1. The molecule has 0 fully saturated rings. The summed E-state index contributed by atoms with van der Waals surface area (Å²) >= 11 is 5.15. The fourth-order valence-electron chi connectivity index (χ4n) is 1.84. The van der Waals surface area contributed by atoms with Crippen LogP contribution in [0.2, 0.25) is 0 Å². The van der Waals surface area contributed by atoms with Gasteiger partial charge >= 0.3 is 0 Å². The third-order valence-electron chi connectivity index (χ3n) is 2.62. The molecule has 15 heavy (non-hydrogen) atoms. The number of hydrogen-bond acceptors (Lipinski definition) is 3. The van der Waals surface area contributed by atoms with E-state index >= 15 is 0 Å². The predicted octanol–water partition coefficient (Wildman–Crippen LogP) is 3.66. The summed E-state index contributed by atoms with van der Waals surface area (Å²) in [4.78, 5) is 4.37. The number of thiazole rings is 1. The van der Waals surface area contributed by atoms with Crippen molar-refractivity contribution in [2.24, 2.45) is 0 Å². The second-order valence-electron chi connectivity index (χ2n) is 3.87. The van der Waals surface area contributed by atoms with E-state index in [1.807, 2.05) is 6.20 Å². The van der Waals surface area contributed by atoms with E-state index in [2.05, 4.69) is 45.3 Å². The minimum Gasteiger partial charge on any atom is -0.305 e. The van der Waals surface area contributed by atoms with Crippen LogP contribution in [0.3, 0.4) is 0 Å². The van der Waals surface area contributed by atoms with Crippen molar-refractivity contribution in [2.75, 3.05) is 0 Å². The maximum Gasteiger partial charge on any atom is 0.110 e. The molecule has 82 valence electrons. The van der Waals surface area contributed by atoms with Crippen molar-refractivity contribution in [1.29, 1.82) is 0 Å². The van der Waals surface area contributed by atoms with Crippen molar-refractivity contribution >= 4 is 27.3 Å². The standard InChI is InChI=1S/C11H15BrN2S/c1-8(11-13-7-10(12)15-11)14-9-5-3-2-4-6-9/h2-3,7-9,14H,4-6H2,1H3. The minimum atomic E-state index is 0.359. The molecule has 0 saturated heterocycles. The Balaban J connectivity index is 1.91. The van der Waals surface area contributed by atoms with E-state index < -0.39 is 0 Å². The third kappa shape index (κ3) is 3.13. The van der Waals surface area contributed by atoms with Crippen molar-refractivity contribution in [3.8, 4) is 0 Å². The van der Waals surface area contributed by atoms with E-state index in [9.17, 15) is 0 Å². The summed E-state index contributed by atoms with van der Waals surface area (Å²) in [6, 6.07) is 0.977. The summed E-state index contributed by atoms with van der Waals surface area (Å²) in [6.45, 7) is 2.18. The Kier molecular flexibility index (Phi) is 3.94. The number of rotatable bonds is 3. The van der Waals surface area contributed by atoms with Crippen LogP contribution in [0, 0.1) is 0 Å². The molecule has 2 unspecified atom stereocenters. The quantitative estimate of drug-likeness (QED) is 0.858. The Morgan fingerprint density at radius 2 is 2.47 bits per heavy atom. The lowest BCUT2D eigenvalue weighted by Gasteiger charge is -2.22. The number of nitrogens with one attached hydrogen (secondary N) is 1. The predicted molar refractivity (Wildman–Crippen MR) is 68.1 cm³/mol. The first kappa shape index (κ1) is 11.3. The molecule has 1 aromatic rings. The highest BCUT2D eigenvalue weighted by atomic mass is 79.9. The van der Waals surface area contributed by atoms with E-state index in [1.54, 1.807) is 11.3 Å². The molecular formula is C11H15BrN2S. The number of nitrogens with zero attached hydrogens (tertiary/aromatic N) is 1. The Labute approximate surface area is 103 Å². The number of halogens is 1. The van der Waals surface area contributed by atoms with Gasteiger partial charge in [-0.05, 0) is 42.1 Å². The monoisotopic (exact) mass is 286 g/mol. The van der Waals surface area contributed by atoms with Crippen LogP contribution in [0.15, 0.2) is 22.1 Å². The maximum atomic E-state index is 4.37. The van der Waals surface area contributed by atoms with Crippen molar-refractivity contribution < 1.29 is 0 Å². The molecule has 2 atom stereocenters. The Hall–Kier alpha value is -0.190. The van der Waals surface area contributed by atoms with E-state index in [1.165, 1.54) is 12.8 Å². The van der Waals surface area contributed by atoms with Gasteiger partial charge in [0.1, 0.15) is 5.01 Å². The van der Waals surface area contributed by atoms with Crippen LogP contribution in [0.25, 0.3) is 0 Å². The highest BCUT2D eigenvalue weighted by molar-refractivity contribution is 9.11. The minimum absolute atomic E-state index is 0.359. The SMILES string of the molecule is CC(NC1CC=CCC1)c1ncc(Br)s1. The smallest absolute Gasteiger partial charge is 0.110 e. The molecule has 4 heteroatoms. The molecule has 2 nitrogen and oxygen atoms in total. The van der Waals surface area contributed by atoms with Crippen LogP contribution in [-0.4, -0.2) is 11.0 Å². The molecule has 0 aromatic carbocycles. The molecule has 0 aliphatic heterocycles. The van der Waals surface area contributed by atoms with E-state index in [-0.39, 0.29) is 0 Å². The summed E-state index contributed by atoms with van der Waals surface area (Å²) in [5, 5.41) is 4.79. The van der Waals surface area contributed by atoms with Gasteiger partial charge in [-0.25, -0.2) is 4.98 Å². The van der Waals surface area contributed by atoms with Crippen molar-refractivity contribution in [3.63, 3.8) is 0 Å². The van der Waals surface area contributed by atoms with Gasteiger partial charge in [0, 0.05) is 6.04 Å². The molecule has 1 aliphatic carbocycles. The highest BCUT2D eigenvalue weighted by Gasteiger charge is 2.15. The molecule has 1 aliphatic rings. The zero-order chi connectivity index (χ0) is 10.7. The first-order valence-electron chi connectivity index (χ1n) is 5.28. The zero-order valence-electron chi connectivity index (χ0n) is 8.74. The Morgan fingerprint density at radius 1 is 1.60 bits per heavy atom. The Morgan fingerprint density at radius 3 is 3.07 bits per heavy atom. The second kappa shape index (κ2) is 5.23. The average Bonchev–Trinajstić information content (AvgIpc) is 2.66. The molecule has 0 amide bonds. The molecule has 2 rings (SSSR count). The van der Waals surface area contributed by atoms with Crippen LogP contribution < -0.4 is 5.32 Å². The molecule has 1 heterocycles. The van der Waals surface area contributed by atoms with Crippen LogP contribution >= 0.6 is 27.3 Å². The lowest BCUT2D eigenvalue weighted by Crippen LogP contribution is -2.31. The van der Waals surface area contributed by atoms with E-state index in [0.29, 0.717) is 12.1 Å². The summed E-state index contributed by atoms with van der Waals surface area (Å²) in [6.07, 6.45) is 10.0. The van der Waals surface area contributed by atoms with Gasteiger partial charge in [0.2, 0.25) is 0 Å². The first-order valence-corrected chi connectivity index (χ1v) is 6.89. The first-order chi connectivity index (χ1) is 7.25. The fraction of sp³-hybridized carbons (Fsp3) is 0.545. The molecule has 0 spiro atoms. The van der Waals surface area contributed by atoms with Gasteiger partial charge in [0.15, 0.2) is 0 Å². The van der Waals surface area contributed by atoms with Crippen LogP contribution in [0.4, 0.5) is 0 Å². The van der Waals surface area contributed by atoms with Gasteiger partial charge in [-0.15, -0.1) is 11.3 Å². The molecule has 1 aromatic heterocycles. The largest absolute Gasteiger partial charge is 0.305 e. The summed E-state index contributed by atoms with van der Waals surface area (Å²) in [5.74, 6) is 0. The summed E-state index contributed by atoms with van der Waals surface area (Å²) in [5.41, 5.74) is 0. The lowest BCUT2D eigenvalue weighted by atomic mass is 10.0. The lowest BCUT2D eigenvalue weighted by molar-refractivity contribution is 0.425. The van der Waals surface area contributed by atoms with E-state index in [4.69, 9.17) is 0 Å². The molecule has 0 saturated carbocycles. The van der Waals surface area contributed by atoms with Gasteiger partial charge in [-0.2, -0.15) is 0 Å². The average molecular weight is 287 g/mol.